The van der Waals surface area contributed by atoms with Crippen LogP contribution in [0.15, 0.2) is 0 Å². The third-order valence-corrected chi connectivity index (χ3v) is 25.6. The van der Waals surface area contributed by atoms with Gasteiger partial charge in [0.25, 0.3) is 0 Å². The van der Waals surface area contributed by atoms with Gasteiger partial charge in [-0.25, -0.2) is 0 Å². The van der Waals surface area contributed by atoms with Crippen LogP contribution in [0.1, 0.15) is 34.6 Å². The van der Waals surface area contributed by atoms with Gasteiger partial charge in [0, 0.05) is 68.6 Å². The topological polar surface area (TPSA) is 92.3 Å². The van der Waals surface area contributed by atoms with E-state index >= 15 is 0 Å². The summed E-state index contributed by atoms with van der Waals surface area (Å²) in [6.07, 6.45) is 0. The first-order chi connectivity index (χ1) is 15.3. The first kappa shape index (κ1) is 32.5. The minimum atomic E-state index is -3.50. The smallest absolute Gasteiger partial charge is 0.377 e. The summed E-state index contributed by atoms with van der Waals surface area (Å²) in [6, 6.07) is 0. The van der Waals surface area contributed by atoms with Gasteiger partial charge in [-0.05, 0) is 34.6 Å². The molecule has 0 fully saturated rings. The van der Waals surface area contributed by atoms with Crippen LogP contribution in [0.25, 0.3) is 0 Å². The van der Waals surface area contributed by atoms with Crippen molar-refractivity contribution in [2.24, 2.45) is 0 Å². The predicted molar refractivity (Wildman–Crippen MR) is 132 cm³/mol. The van der Waals surface area contributed by atoms with E-state index in [1.807, 2.05) is 34.6 Å². The van der Waals surface area contributed by atoms with Crippen LogP contribution in [0.5, 0.6) is 0 Å². The van der Waals surface area contributed by atoms with Gasteiger partial charge >= 0.3 is 17.6 Å². The summed E-state index contributed by atoms with van der Waals surface area (Å²) >= 11 is 0. The molecule has 1 atom stereocenters. The fraction of sp³-hybridized carbons (Fsp3) is 1.00. The number of hydrogen-bond donors (Lipinski definition) is 0. The molecular formula is C18H46O10Si4. The quantitative estimate of drug-likeness (QED) is 0.152. The molecule has 0 aliphatic rings. The van der Waals surface area contributed by atoms with Gasteiger partial charge in [0.1, 0.15) is 30.9 Å². The summed E-state index contributed by atoms with van der Waals surface area (Å²) in [5, 5.41) is 0. The Hall–Kier alpha value is 0.468. The highest BCUT2D eigenvalue weighted by Crippen LogP contribution is 2.49. The van der Waals surface area contributed by atoms with Gasteiger partial charge < -0.3 is 45.5 Å². The third kappa shape index (κ3) is 7.48. The highest BCUT2D eigenvalue weighted by atomic mass is 28.5. The highest BCUT2D eigenvalue weighted by molar-refractivity contribution is 7.08. The Morgan fingerprint density at radius 2 is 0.938 bits per heavy atom. The van der Waals surface area contributed by atoms with E-state index in [1.54, 1.807) is 35.5 Å². The van der Waals surface area contributed by atoms with Crippen LogP contribution in [0.4, 0.5) is 0 Å². The fourth-order valence-corrected chi connectivity index (χ4v) is 25.7. The maximum Gasteiger partial charge on any atom is 0.505 e. The van der Waals surface area contributed by atoms with Crippen molar-refractivity contribution in [3.05, 3.63) is 0 Å². The van der Waals surface area contributed by atoms with Crippen molar-refractivity contribution < 1.29 is 45.5 Å². The van der Waals surface area contributed by atoms with E-state index in [0.717, 1.165) is 0 Å². The highest BCUT2D eigenvalue weighted by Gasteiger charge is 2.77. The van der Waals surface area contributed by atoms with Gasteiger partial charge in [0.15, 0.2) is 0 Å². The van der Waals surface area contributed by atoms with E-state index in [0.29, 0.717) is 33.0 Å². The Kier molecular flexibility index (Phi) is 17.2. The summed E-state index contributed by atoms with van der Waals surface area (Å²) in [6.45, 7) is 11.9. The second-order valence-electron chi connectivity index (χ2n) is 6.76. The zero-order valence-corrected chi connectivity index (χ0v) is 26.5. The lowest BCUT2D eigenvalue weighted by molar-refractivity contribution is -0.0845. The number of rotatable bonds is 21. The average Bonchev–Trinajstić information content (AvgIpc) is 2.79. The van der Waals surface area contributed by atoms with Crippen LogP contribution in [-0.4, -0.2) is 117 Å². The summed E-state index contributed by atoms with van der Waals surface area (Å²) in [5.41, 5.74) is 0. The molecule has 1 unspecified atom stereocenters. The predicted octanol–water partition coefficient (Wildman–Crippen LogP) is 0.378. The molecule has 0 aliphatic heterocycles. The Morgan fingerprint density at radius 3 is 1.22 bits per heavy atom. The molecule has 0 aromatic carbocycles. The average molecular weight is 535 g/mol. The van der Waals surface area contributed by atoms with Crippen molar-refractivity contribution in [2.75, 3.05) is 68.6 Å². The van der Waals surface area contributed by atoms with E-state index in [-0.39, 0.29) is 0 Å². The lowest BCUT2D eigenvalue weighted by Gasteiger charge is -2.51. The molecule has 0 heterocycles. The molecule has 0 aromatic heterocycles. The molecule has 0 saturated heterocycles. The van der Waals surface area contributed by atoms with Crippen molar-refractivity contribution in [2.45, 2.75) is 50.4 Å². The first-order valence-corrected chi connectivity index (χ1v) is 17.7. The maximum absolute atomic E-state index is 6.47. The zero-order chi connectivity index (χ0) is 24.7. The molecular weight excluding hydrogens is 489 g/mol. The lowest BCUT2D eigenvalue weighted by atomic mass is 10.9. The van der Waals surface area contributed by atoms with Crippen molar-refractivity contribution >= 4 is 36.6 Å². The van der Waals surface area contributed by atoms with Crippen molar-refractivity contribution in [3.8, 4) is 0 Å². The van der Waals surface area contributed by atoms with Crippen LogP contribution in [-0.2, 0) is 45.5 Å². The van der Waals surface area contributed by atoms with Crippen LogP contribution in [0.3, 0.4) is 0 Å². The molecule has 0 radical (unpaired) electrons. The van der Waals surface area contributed by atoms with Crippen molar-refractivity contribution in [1.82, 2.24) is 0 Å². The van der Waals surface area contributed by atoms with Gasteiger partial charge in [0.05, 0.1) is 3.91 Å². The third-order valence-electron chi connectivity index (χ3n) is 5.24. The molecule has 0 spiro atoms. The molecule has 10 nitrogen and oxygen atoms in total. The van der Waals surface area contributed by atoms with E-state index in [2.05, 4.69) is 0 Å². The summed E-state index contributed by atoms with van der Waals surface area (Å²) in [7, 11) is -1.76. The molecule has 0 saturated carbocycles. The van der Waals surface area contributed by atoms with Crippen LogP contribution in [0.2, 0.25) is 3.91 Å². The first-order valence-electron chi connectivity index (χ1n) is 11.2. The SMILES string of the molecule is CCOC(OCC)[SiH2]C([SiH2]C(OC)OC)([Si](OC)(OC)OC)[Si](OCC)(OCC)OCC. The molecule has 0 aromatic rings. The summed E-state index contributed by atoms with van der Waals surface area (Å²) in [5.74, 6) is -0.903. The molecule has 194 valence electrons. The van der Waals surface area contributed by atoms with Gasteiger partial charge in [0.2, 0.25) is 0 Å². The van der Waals surface area contributed by atoms with Gasteiger partial charge in [-0.2, -0.15) is 0 Å². The zero-order valence-electron chi connectivity index (χ0n) is 21.7. The van der Waals surface area contributed by atoms with E-state index in [9.17, 15) is 0 Å². The standard InChI is InChI=1S/C18H46O10Si4/c1-11-24-17(25-12-2)30-18(29-16(19-6)20-7,31(21-8,22-9)23-10)32(26-13-3,27-14-4)28-15-5/h16-17H,11-15,29-30H2,1-10H3. The minimum absolute atomic E-state index is 0.400. The lowest BCUT2D eigenvalue weighted by Crippen LogP contribution is -2.77. The van der Waals surface area contributed by atoms with Crippen LogP contribution in [0, 0.1) is 0 Å². The summed E-state index contributed by atoms with van der Waals surface area (Å²) in [4.78, 5) is 0. The Labute approximate surface area is 201 Å². The van der Waals surface area contributed by atoms with E-state index in [1.165, 1.54) is 0 Å². The molecule has 32 heavy (non-hydrogen) atoms. The minimum Gasteiger partial charge on any atom is -0.377 e. The second kappa shape index (κ2) is 17.0. The van der Waals surface area contributed by atoms with E-state index < -0.39 is 52.4 Å². The van der Waals surface area contributed by atoms with E-state index in [4.69, 9.17) is 45.5 Å². The number of ether oxygens (including phenoxy) is 4. The Morgan fingerprint density at radius 1 is 0.562 bits per heavy atom. The molecule has 0 amide bonds. The Balaban J connectivity index is 7.25. The van der Waals surface area contributed by atoms with Crippen LogP contribution < -0.4 is 0 Å². The maximum atomic E-state index is 6.47. The monoisotopic (exact) mass is 534 g/mol. The summed E-state index contributed by atoms with van der Waals surface area (Å²) < 4.78 is 60.5. The van der Waals surface area contributed by atoms with Gasteiger partial charge in [-0.3, -0.25) is 0 Å². The molecule has 0 N–H and O–H groups in total. The second-order valence-corrected chi connectivity index (χ2v) is 21.9. The molecule has 0 rings (SSSR count). The van der Waals surface area contributed by atoms with Crippen molar-refractivity contribution in [3.63, 3.8) is 0 Å². The number of hydrogen-bond acceptors (Lipinski definition) is 10. The normalized spacial score (nSPS) is 15.8. The molecule has 14 heteroatoms. The number of methoxy groups -OCH3 is 2. The van der Waals surface area contributed by atoms with Crippen LogP contribution >= 0.6 is 0 Å². The molecule has 0 bridgehead atoms. The fourth-order valence-electron chi connectivity index (χ4n) is 4.09. The van der Waals surface area contributed by atoms with Crippen molar-refractivity contribution in [1.29, 1.82) is 0 Å². The molecule has 0 aliphatic carbocycles. The van der Waals surface area contributed by atoms with Gasteiger partial charge in [-0.1, -0.05) is 0 Å². The van der Waals surface area contributed by atoms with Gasteiger partial charge in [-0.15, -0.1) is 0 Å². The Bertz CT molecular complexity index is 440. The largest absolute Gasteiger partial charge is 0.505 e.